The van der Waals surface area contributed by atoms with Crippen molar-refractivity contribution in [1.29, 1.82) is 0 Å². The van der Waals surface area contributed by atoms with Crippen LogP contribution in [0.4, 0.5) is 30.6 Å². The lowest BCUT2D eigenvalue weighted by Crippen LogP contribution is -2.55. The van der Waals surface area contributed by atoms with Crippen LogP contribution >= 0.6 is 0 Å². The molecule has 4 aliphatic heterocycles. The molecule has 0 aromatic heterocycles. The van der Waals surface area contributed by atoms with Gasteiger partial charge in [-0.3, -0.25) is 29.5 Å². The first-order valence-electron chi connectivity index (χ1n) is 16.4. The number of imide groups is 1. The SMILES string of the molecule is CN(C)c1cc(N2CCN(C3CCN(C4=CCN(C(=O)OC(C)(C)C)CC4(F)F)CC3)CC2)ccc1N(C=O)C1CCC(=O)NC1=O. The van der Waals surface area contributed by atoms with E-state index in [0.29, 0.717) is 31.2 Å². The molecule has 4 heterocycles. The molecule has 0 spiro atoms. The first kappa shape index (κ1) is 34.4. The number of halogens is 2. The molecule has 3 saturated heterocycles. The summed E-state index contributed by atoms with van der Waals surface area (Å²) in [5.74, 6) is -3.95. The summed E-state index contributed by atoms with van der Waals surface area (Å²) in [6.07, 6.45) is 3.41. The number of benzene rings is 1. The molecule has 258 valence electrons. The molecule has 12 nitrogen and oxygen atoms in total. The number of hydrogen-bond donors (Lipinski definition) is 1. The Labute approximate surface area is 275 Å². The molecule has 0 saturated carbocycles. The van der Waals surface area contributed by atoms with Crippen molar-refractivity contribution in [2.45, 2.75) is 70.1 Å². The number of anilines is 3. The van der Waals surface area contributed by atoms with Crippen LogP contribution in [-0.4, -0.2) is 129 Å². The van der Waals surface area contributed by atoms with E-state index in [1.807, 2.05) is 37.2 Å². The fraction of sp³-hybridized carbons (Fsp3) is 0.636. The topological polar surface area (TPSA) is 109 Å². The Bertz CT molecular complexity index is 1380. The maximum absolute atomic E-state index is 15.2. The molecule has 1 atom stereocenters. The van der Waals surface area contributed by atoms with Crippen molar-refractivity contribution < 1.29 is 32.7 Å². The van der Waals surface area contributed by atoms with Crippen LogP contribution in [0.3, 0.4) is 0 Å². The first-order chi connectivity index (χ1) is 22.2. The summed E-state index contributed by atoms with van der Waals surface area (Å²) < 4.78 is 35.7. The quantitative estimate of drug-likeness (QED) is 0.349. The molecule has 0 aliphatic carbocycles. The van der Waals surface area contributed by atoms with Crippen molar-refractivity contribution in [3.05, 3.63) is 30.0 Å². The van der Waals surface area contributed by atoms with Crippen molar-refractivity contribution in [3.8, 4) is 0 Å². The Morgan fingerprint density at radius 2 is 1.68 bits per heavy atom. The third-order valence-electron chi connectivity index (χ3n) is 9.30. The van der Waals surface area contributed by atoms with Gasteiger partial charge in [-0.05, 0) is 64.3 Å². The van der Waals surface area contributed by atoms with E-state index in [2.05, 4.69) is 15.1 Å². The molecule has 0 bridgehead atoms. The fourth-order valence-corrected chi connectivity index (χ4v) is 6.91. The molecule has 4 amide bonds. The lowest BCUT2D eigenvalue weighted by Gasteiger charge is -2.46. The number of piperidine rings is 2. The predicted octanol–water partition coefficient (Wildman–Crippen LogP) is 2.88. The minimum absolute atomic E-state index is 0.00599. The van der Waals surface area contributed by atoms with Gasteiger partial charge in [-0.15, -0.1) is 0 Å². The number of alkyl halides is 2. The number of likely N-dealkylation sites (tertiary alicyclic amines) is 1. The highest BCUT2D eigenvalue weighted by Crippen LogP contribution is 2.36. The summed E-state index contributed by atoms with van der Waals surface area (Å²) in [4.78, 5) is 59.6. The van der Waals surface area contributed by atoms with E-state index in [-0.39, 0.29) is 31.0 Å². The Morgan fingerprint density at radius 1 is 1.00 bits per heavy atom. The minimum Gasteiger partial charge on any atom is -0.444 e. The van der Waals surface area contributed by atoms with Crippen LogP contribution in [-0.2, 0) is 19.1 Å². The van der Waals surface area contributed by atoms with Gasteiger partial charge in [0.05, 0.1) is 23.6 Å². The average Bonchev–Trinajstić information content (AvgIpc) is 3.01. The van der Waals surface area contributed by atoms with Crippen molar-refractivity contribution >= 4 is 41.4 Å². The zero-order valence-corrected chi connectivity index (χ0v) is 28.0. The molecule has 1 aromatic carbocycles. The van der Waals surface area contributed by atoms with Crippen LogP contribution in [0, 0.1) is 0 Å². The molecule has 47 heavy (non-hydrogen) atoms. The summed E-state index contributed by atoms with van der Waals surface area (Å²) in [6, 6.07) is 5.39. The number of hydrogen-bond acceptors (Lipinski definition) is 9. The van der Waals surface area contributed by atoms with E-state index in [1.165, 1.54) is 11.0 Å². The zero-order chi connectivity index (χ0) is 34.1. The Balaban J connectivity index is 1.16. The maximum Gasteiger partial charge on any atom is 0.410 e. The van der Waals surface area contributed by atoms with Gasteiger partial charge in [0.15, 0.2) is 0 Å². The standard InChI is InChI=1S/C33H47F2N7O5/c1-32(2,3)47-31(46)41-15-12-28(33(34,35)21-41)40-13-10-23(11-14-40)38-16-18-39(19-17-38)24-6-7-25(27(20-24)37(4)5)42(22-43)26-8-9-29(44)36-30(26)45/h6-7,12,20,22-23,26H,8-11,13-19,21H2,1-5H3,(H,36,44,45). The second-order valence-corrected chi connectivity index (χ2v) is 13.9. The van der Waals surface area contributed by atoms with Crippen molar-refractivity contribution in [2.75, 3.05) is 81.2 Å². The summed E-state index contributed by atoms with van der Waals surface area (Å²) in [5.41, 5.74) is 1.66. The van der Waals surface area contributed by atoms with Crippen LogP contribution in [0.2, 0.25) is 0 Å². The maximum atomic E-state index is 15.2. The number of ether oxygens (including phenoxy) is 1. The highest BCUT2D eigenvalue weighted by atomic mass is 19.3. The smallest absolute Gasteiger partial charge is 0.410 e. The van der Waals surface area contributed by atoms with Crippen LogP contribution in [0.5, 0.6) is 0 Å². The number of rotatable bonds is 7. The van der Waals surface area contributed by atoms with E-state index in [1.54, 1.807) is 25.7 Å². The Morgan fingerprint density at radius 3 is 2.26 bits per heavy atom. The van der Waals surface area contributed by atoms with Crippen molar-refractivity contribution in [1.82, 2.24) is 20.0 Å². The number of amides is 4. The van der Waals surface area contributed by atoms with Gasteiger partial charge in [0.2, 0.25) is 18.2 Å². The minimum atomic E-state index is -3.14. The van der Waals surface area contributed by atoms with Gasteiger partial charge in [-0.25, -0.2) is 4.79 Å². The van der Waals surface area contributed by atoms with Crippen LogP contribution in [0.25, 0.3) is 0 Å². The second kappa shape index (κ2) is 13.7. The number of carbonyl (C=O) groups is 4. The lowest BCUT2D eigenvalue weighted by molar-refractivity contribution is -0.134. The van der Waals surface area contributed by atoms with Gasteiger partial charge in [-0.1, -0.05) is 0 Å². The third kappa shape index (κ3) is 7.79. The Hall–Kier alpha value is -3.94. The molecule has 1 unspecified atom stereocenters. The van der Waals surface area contributed by atoms with Crippen molar-refractivity contribution in [2.24, 2.45) is 0 Å². The highest BCUT2D eigenvalue weighted by molar-refractivity contribution is 6.04. The molecular formula is C33H47F2N7O5. The van der Waals surface area contributed by atoms with E-state index >= 15 is 8.78 Å². The summed E-state index contributed by atoms with van der Waals surface area (Å²) >= 11 is 0. The third-order valence-corrected chi connectivity index (χ3v) is 9.30. The van der Waals surface area contributed by atoms with Gasteiger partial charge >= 0.3 is 12.0 Å². The van der Waals surface area contributed by atoms with Gasteiger partial charge in [0.1, 0.15) is 11.6 Å². The predicted molar refractivity (Wildman–Crippen MR) is 175 cm³/mol. The van der Waals surface area contributed by atoms with E-state index < -0.39 is 36.1 Å². The number of carbonyl (C=O) groups excluding carboxylic acids is 4. The monoisotopic (exact) mass is 659 g/mol. The van der Waals surface area contributed by atoms with Gasteiger partial charge in [0.25, 0.3) is 0 Å². The molecule has 5 rings (SSSR count). The summed E-state index contributed by atoms with van der Waals surface area (Å²) in [7, 11) is 3.77. The number of nitrogens with one attached hydrogen (secondary N) is 1. The molecule has 1 N–H and O–H groups in total. The second-order valence-electron chi connectivity index (χ2n) is 13.9. The molecule has 3 fully saturated rings. The number of nitrogens with zero attached hydrogens (tertiary/aromatic N) is 6. The van der Waals surface area contributed by atoms with E-state index in [9.17, 15) is 19.2 Å². The van der Waals surface area contributed by atoms with Crippen LogP contribution < -0.4 is 20.0 Å². The lowest BCUT2D eigenvalue weighted by atomic mass is 9.99. The largest absolute Gasteiger partial charge is 0.444 e. The molecule has 1 aromatic rings. The Kier molecular flexibility index (Phi) is 9.99. The van der Waals surface area contributed by atoms with E-state index in [4.69, 9.17) is 4.74 Å². The average molecular weight is 660 g/mol. The fourth-order valence-electron chi connectivity index (χ4n) is 6.91. The molecule has 0 radical (unpaired) electrons. The first-order valence-corrected chi connectivity index (χ1v) is 16.4. The van der Waals surface area contributed by atoms with E-state index in [0.717, 1.165) is 55.3 Å². The molecule has 4 aliphatic rings. The molecule has 14 heteroatoms. The van der Waals surface area contributed by atoms with Gasteiger partial charge < -0.3 is 24.3 Å². The summed E-state index contributed by atoms with van der Waals surface area (Å²) in [6.45, 7) is 8.89. The molecular weight excluding hydrogens is 612 g/mol. The van der Waals surface area contributed by atoms with Gasteiger partial charge in [0, 0.05) is 78.1 Å². The van der Waals surface area contributed by atoms with Crippen molar-refractivity contribution in [3.63, 3.8) is 0 Å². The zero-order valence-electron chi connectivity index (χ0n) is 28.0. The van der Waals surface area contributed by atoms with Crippen LogP contribution in [0.1, 0.15) is 46.5 Å². The summed E-state index contributed by atoms with van der Waals surface area (Å²) in [5, 5.41) is 2.33. The highest BCUT2D eigenvalue weighted by Gasteiger charge is 2.45. The van der Waals surface area contributed by atoms with Gasteiger partial charge in [-0.2, -0.15) is 8.78 Å². The number of piperazine rings is 1. The normalized spacial score (nSPS) is 22.8. The van der Waals surface area contributed by atoms with Crippen LogP contribution in [0.15, 0.2) is 30.0 Å².